The highest BCUT2D eigenvalue weighted by atomic mass is 16.5. The molecule has 0 radical (unpaired) electrons. The van der Waals surface area contributed by atoms with E-state index in [-0.39, 0.29) is 11.7 Å². The van der Waals surface area contributed by atoms with Crippen molar-refractivity contribution in [2.24, 2.45) is 17.8 Å². The van der Waals surface area contributed by atoms with Crippen molar-refractivity contribution in [3.63, 3.8) is 0 Å². The number of esters is 1. The van der Waals surface area contributed by atoms with Crippen LogP contribution in [0.25, 0.3) is 0 Å². The molecule has 4 atom stereocenters. The Bertz CT molecular complexity index is 790. The molecule has 1 saturated carbocycles. The van der Waals surface area contributed by atoms with Gasteiger partial charge in [-0.25, -0.2) is 0 Å². The Balaban J connectivity index is 1.67. The molecule has 1 aromatic rings. The maximum absolute atomic E-state index is 12.7. The Morgan fingerprint density at radius 3 is 2.42 bits per heavy atom. The number of ketones is 1. The van der Waals surface area contributed by atoms with Gasteiger partial charge in [-0.05, 0) is 32.3 Å². The highest BCUT2D eigenvalue weighted by molar-refractivity contribution is 6.10. The summed E-state index contributed by atoms with van der Waals surface area (Å²) in [6.45, 7) is 3.11. The molecule has 0 saturated heterocycles. The van der Waals surface area contributed by atoms with E-state index >= 15 is 0 Å². The van der Waals surface area contributed by atoms with Crippen LogP contribution in [-0.2, 0) is 14.3 Å². The number of carbonyl (C=O) groups is 3. The molecule has 5 heteroatoms. The monoisotopic (exact) mass is 354 g/mol. The van der Waals surface area contributed by atoms with Crippen LogP contribution in [0.3, 0.4) is 0 Å². The molecule has 0 spiro atoms. The van der Waals surface area contributed by atoms with Gasteiger partial charge < -0.3 is 9.84 Å². The first-order valence-electron chi connectivity index (χ1n) is 8.85. The lowest BCUT2D eigenvalue weighted by Crippen LogP contribution is -2.30. The highest BCUT2D eigenvalue weighted by Gasteiger charge is 2.42. The summed E-state index contributed by atoms with van der Waals surface area (Å²) >= 11 is 0. The lowest BCUT2D eigenvalue weighted by atomic mass is 9.90. The van der Waals surface area contributed by atoms with E-state index in [9.17, 15) is 14.4 Å². The molecule has 1 aromatic carbocycles. The van der Waals surface area contributed by atoms with E-state index in [1.54, 1.807) is 25.1 Å². The lowest BCUT2D eigenvalue weighted by molar-refractivity contribution is -0.159. The summed E-state index contributed by atoms with van der Waals surface area (Å²) in [6.07, 6.45) is 4.30. The normalized spacial score (nSPS) is 23.5. The summed E-state index contributed by atoms with van der Waals surface area (Å²) in [7, 11) is 0. The van der Waals surface area contributed by atoms with Gasteiger partial charge in [-0.15, -0.1) is 0 Å². The van der Waals surface area contributed by atoms with Crippen LogP contribution in [0.5, 0.6) is 0 Å². The number of carboxylic acid groups (broad SMARTS) is 1. The number of benzene rings is 1. The zero-order valence-electron chi connectivity index (χ0n) is 14.8. The van der Waals surface area contributed by atoms with Crippen molar-refractivity contribution in [1.29, 1.82) is 0 Å². The molecule has 2 aliphatic rings. The van der Waals surface area contributed by atoms with Crippen LogP contribution < -0.4 is 0 Å². The molecule has 0 amide bonds. The number of allylic oxidation sites excluding steroid dienone is 3. The van der Waals surface area contributed by atoms with Gasteiger partial charge in [0.2, 0.25) is 0 Å². The first-order chi connectivity index (χ1) is 12.4. The first kappa shape index (κ1) is 18.1. The molecule has 2 unspecified atom stereocenters. The molecule has 2 aliphatic carbocycles. The van der Waals surface area contributed by atoms with E-state index in [0.29, 0.717) is 17.6 Å². The van der Waals surface area contributed by atoms with Gasteiger partial charge >= 0.3 is 11.9 Å². The van der Waals surface area contributed by atoms with Gasteiger partial charge in [0, 0.05) is 17.1 Å². The standard InChI is InChI=1S/C21H22O5/c1-12(20(23)24)13(2)26-21(25)18-11-9-15-16(18)8-10-17(15)19(22)14-6-4-3-5-7-14/h3-8,10,12-13,15,18H,9,11H2,1-2H3,(H,23,24)/t12-,13+,15?,18?/m0/s1. The number of hydrogen-bond donors (Lipinski definition) is 1. The summed E-state index contributed by atoms with van der Waals surface area (Å²) in [5.41, 5.74) is 2.27. The maximum atomic E-state index is 12.7. The van der Waals surface area contributed by atoms with Gasteiger partial charge in [0.25, 0.3) is 0 Å². The van der Waals surface area contributed by atoms with E-state index < -0.39 is 29.9 Å². The average molecular weight is 354 g/mol. The minimum absolute atomic E-state index is 0.0104. The molecule has 0 aromatic heterocycles. The predicted molar refractivity (Wildman–Crippen MR) is 95.5 cm³/mol. The van der Waals surface area contributed by atoms with Crippen LogP contribution in [0.2, 0.25) is 0 Å². The highest BCUT2D eigenvalue weighted by Crippen LogP contribution is 2.45. The van der Waals surface area contributed by atoms with Gasteiger partial charge in [-0.2, -0.15) is 0 Å². The Kier molecular flexibility index (Phi) is 5.07. The number of rotatable bonds is 6. The predicted octanol–water partition coefficient (Wildman–Crippen LogP) is 3.41. The maximum Gasteiger partial charge on any atom is 0.313 e. The number of ether oxygens (including phenoxy) is 1. The summed E-state index contributed by atoms with van der Waals surface area (Å²) in [5, 5.41) is 9.04. The quantitative estimate of drug-likeness (QED) is 0.625. The molecule has 0 heterocycles. The molecule has 1 N–H and O–H groups in total. The third-order valence-electron chi connectivity index (χ3n) is 5.36. The van der Waals surface area contributed by atoms with Gasteiger partial charge in [-0.1, -0.05) is 42.5 Å². The topological polar surface area (TPSA) is 80.7 Å². The fourth-order valence-electron chi connectivity index (χ4n) is 3.59. The van der Waals surface area contributed by atoms with Crippen LogP contribution in [0.4, 0.5) is 0 Å². The van der Waals surface area contributed by atoms with Crippen molar-refractivity contribution in [3.05, 3.63) is 59.2 Å². The first-order valence-corrected chi connectivity index (χ1v) is 8.85. The van der Waals surface area contributed by atoms with E-state index in [1.165, 1.54) is 6.92 Å². The number of hydrogen-bond acceptors (Lipinski definition) is 4. The van der Waals surface area contributed by atoms with E-state index in [4.69, 9.17) is 9.84 Å². The van der Waals surface area contributed by atoms with Crippen LogP contribution >= 0.6 is 0 Å². The van der Waals surface area contributed by atoms with Crippen molar-refractivity contribution >= 4 is 17.7 Å². The van der Waals surface area contributed by atoms with E-state index in [1.807, 2.05) is 24.3 Å². The molecule has 5 nitrogen and oxygen atoms in total. The average Bonchev–Trinajstić information content (AvgIpc) is 3.22. The summed E-state index contributed by atoms with van der Waals surface area (Å²) in [4.78, 5) is 36.3. The third kappa shape index (κ3) is 3.34. The van der Waals surface area contributed by atoms with E-state index in [2.05, 4.69) is 0 Å². The smallest absolute Gasteiger partial charge is 0.313 e. The largest absolute Gasteiger partial charge is 0.481 e. The van der Waals surface area contributed by atoms with Gasteiger partial charge in [-0.3, -0.25) is 14.4 Å². The van der Waals surface area contributed by atoms with E-state index in [0.717, 1.165) is 12.0 Å². The van der Waals surface area contributed by atoms with Crippen LogP contribution in [-0.4, -0.2) is 28.9 Å². The third-order valence-corrected chi connectivity index (χ3v) is 5.36. The van der Waals surface area contributed by atoms with Crippen molar-refractivity contribution in [2.45, 2.75) is 32.8 Å². The Hall–Kier alpha value is -2.69. The molecular formula is C21H22O5. The Labute approximate surface area is 152 Å². The van der Waals surface area contributed by atoms with Crippen molar-refractivity contribution in [1.82, 2.24) is 0 Å². The van der Waals surface area contributed by atoms with Crippen LogP contribution in [0.15, 0.2) is 53.6 Å². The Morgan fingerprint density at radius 2 is 1.77 bits per heavy atom. The zero-order valence-corrected chi connectivity index (χ0v) is 14.8. The van der Waals surface area contributed by atoms with Gasteiger partial charge in [0.1, 0.15) is 6.10 Å². The molecule has 1 fully saturated rings. The summed E-state index contributed by atoms with van der Waals surface area (Å²) in [6, 6.07) is 9.10. The fraction of sp³-hybridized carbons (Fsp3) is 0.381. The number of fused-ring (bicyclic) bond motifs is 1. The number of Topliss-reactive ketones (excluding diaryl/α,β-unsaturated/α-hetero) is 1. The fourth-order valence-corrected chi connectivity index (χ4v) is 3.59. The second-order valence-electron chi connectivity index (χ2n) is 6.94. The number of aliphatic carboxylic acids is 1. The summed E-state index contributed by atoms with van der Waals surface area (Å²) < 4.78 is 5.38. The molecular weight excluding hydrogens is 332 g/mol. The second kappa shape index (κ2) is 7.28. The van der Waals surface area contributed by atoms with Gasteiger partial charge in [0.05, 0.1) is 11.8 Å². The SMILES string of the molecule is C[C@H](C(=O)O)[C@@H](C)OC(=O)C1CCC2C(C(=O)c3ccccc3)=CC=C12. The molecule has 136 valence electrons. The van der Waals surface area contributed by atoms with Crippen LogP contribution in [0, 0.1) is 17.8 Å². The Morgan fingerprint density at radius 1 is 1.08 bits per heavy atom. The van der Waals surface area contributed by atoms with Gasteiger partial charge in [0.15, 0.2) is 5.78 Å². The van der Waals surface area contributed by atoms with Crippen molar-refractivity contribution < 1.29 is 24.2 Å². The van der Waals surface area contributed by atoms with Crippen molar-refractivity contribution in [2.75, 3.05) is 0 Å². The number of carbonyl (C=O) groups excluding carboxylic acids is 2. The molecule has 0 bridgehead atoms. The molecule has 26 heavy (non-hydrogen) atoms. The summed E-state index contributed by atoms with van der Waals surface area (Å²) in [5.74, 6) is -2.62. The molecule has 3 rings (SSSR count). The second-order valence-corrected chi connectivity index (χ2v) is 6.94. The molecule has 0 aliphatic heterocycles. The lowest BCUT2D eigenvalue weighted by Gasteiger charge is -2.20. The van der Waals surface area contributed by atoms with Crippen molar-refractivity contribution in [3.8, 4) is 0 Å². The minimum atomic E-state index is -0.993. The van der Waals surface area contributed by atoms with Crippen LogP contribution in [0.1, 0.15) is 37.0 Å². The zero-order chi connectivity index (χ0) is 18.8. The number of carboxylic acids is 1. The minimum Gasteiger partial charge on any atom is -0.481 e.